The van der Waals surface area contributed by atoms with E-state index in [0.29, 0.717) is 0 Å². The third kappa shape index (κ3) is 3.32. The van der Waals surface area contributed by atoms with Gasteiger partial charge in [-0.3, -0.25) is 4.79 Å². The minimum absolute atomic E-state index is 0.000874. The van der Waals surface area contributed by atoms with Crippen LogP contribution >= 0.6 is 11.3 Å². The number of thiophene rings is 1. The van der Waals surface area contributed by atoms with Gasteiger partial charge in [-0.1, -0.05) is 6.07 Å². The number of nitrogens with zero attached hydrogens (tertiary/aromatic N) is 1. The number of rotatable bonds is 4. The maximum absolute atomic E-state index is 11.6. The first-order valence-electron chi connectivity index (χ1n) is 5.07. The van der Waals surface area contributed by atoms with Crippen molar-refractivity contribution in [2.75, 3.05) is 7.05 Å². The van der Waals surface area contributed by atoms with Crippen LogP contribution in [0.15, 0.2) is 17.5 Å². The lowest BCUT2D eigenvalue weighted by Gasteiger charge is -2.26. The van der Waals surface area contributed by atoms with Crippen LogP contribution in [-0.2, 0) is 11.2 Å². The molecule has 0 saturated heterocycles. The van der Waals surface area contributed by atoms with Gasteiger partial charge < -0.3 is 10.6 Å². The molecular formula is C11H18N2OS. The summed E-state index contributed by atoms with van der Waals surface area (Å²) in [6, 6.07) is 3.90. The largest absolute Gasteiger partial charge is 0.341 e. The van der Waals surface area contributed by atoms with Crippen LogP contribution in [0.5, 0.6) is 0 Å². The van der Waals surface area contributed by atoms with Gasteiger partial charge in [0.25, 0.3) is 0 Å². The lowest BCUT2D eigenvalue weighted by atomic mass is 10.1. The van der Waals surface area contributed by atoms with Gasteiger partial charge in [0.1, 0.15) is 0 Å². The molecule has 1 amide bonds. The first kappa shape index (κ1) is 12.2. The fourth-order valence-corrected chi connectivity index (χ4v) is 2.22. The van der Waals surface area contributed by atoms with Crippen LogP contribution in [-0.4, -0.2) is 29.9 Å². The average Bonchev–Trinajstić information content (AvgIpc) is 2.67. The van der Waals surface area contributed by atoms with Crippen molar-refractivity contribution in [1.29, 1.82) is 0 Å². The third-order valence-corrected chi connectivity index (χ3v) is 3.37. The molecule has 0 aromatic carbocycles. The number of amides is 1. The molecule has 0 fully saturated rings. The second-order valence-corrected chi connectivity index (χ2v) is 4.90. The highest BCUT2D eigenvalue weighted by Crippen LogP contribution is 2.13. The number of hydrogen-bond donors (Lipinski definition) is 1. The molecule has 1 aromatic heterocycles. The molecule has 1 heterocycles. The predicted molar refractivity (Wildman–Crippen MR) is 63.9 cm³/mol. The fourth-order valence-electron chi connectivity index (χ4n) is 1.40. The molecular weight excluding hydrogens is 208 g/mol. The lowest BCUT2D eigenvalue weighted by molar-refractivity contribution is -0.132. The first-order valence-corrected chi connectivity index (χ1v) is 5.95. The summed E-state index contributed by atoms with van der Waals surface area (Å²) >= 11 is 1.72. The van der Waals surface area contributed by atoms with Crippen molar-refractivity contribution >= 4 is 17.2 Å². The van der Waals surface area contributed by atoms with E-state index in [2.05, 4.69) is 11.4 Å². The number of carbonyl (C=O) groups excluding carboxylic acids is 1. The minimum atomic E-state index is -0.416. The predicted octanol–water partition coefficient (Wildman–Crippen LogP) is 1.48. The molecule has 0 aliphatic carbocycles. The van der Waals surface area contributed by atoms with E-state index >= 15 is 0 Å². The first-order chi connectivity index (χ1) is 7.02. The van der Waals surface area contributed by atoms with E-state index in [1.54, 1.807) is 23.2 Å². The van der Waals surface area contributed by atoms with Gasteiger partial charge in [-0.25, -0.2) is 0 Å². The quantitative estimate of drug-likeness (QED) is 0.845. The zero-order valence-electron chi connectivity index (χ0n) is 9.43. The van der Waals surface area contributed by atoms with E-state index in [9.17, 15) is 4.79 Å². The topological polar surface area (TPSA) is 46.3 Å². The summed E-state index contributed by atoms with van der Waals surface area (Å²) in [7, 11) is 1.81. The zero-order valence-corrected chi connectivity index (χ0v) is 10.3. The number of carbonyl (C=O) groups is 1. The van der Waals surface area contributed by atoms with Crippen LogP contribution in [0.4, 0.5) is 0 Å². The van der Waals surface area contributed by atoms with Crippen molar-refractivity contribution in [3.63, 3.8) is 0 Å². The Balaban J connectivity index is 2.53. The Labute approximate surface area is 94.9 Å². The molecule has 1 aromatic rings. The molecule has 1 rings (SSSR count). The number of hydrogen-bond acceptors (Lipinski definition) is 3. The SMILES string of the molecule is CC(N)C(=O)N(C)C(C)Cc1cccs1. The highest BCUT2D eigenvalue weighted by molar-refractivity contribution is 7.09. The van der Waals surface area contributed by atoms with Gasteiger partial charge in [0, 0.05) is 24.4 Å². The van der Waals surface area contributed by atoms with Crippen molar-refractivity contribution in [1.82, 2.24) is 4.90 Å². The standard InChI is InChI=1S/C11H18N2OS/c1-8(7-10-5-4-6-15-10)13(3)11(14)9(2)12/h4-6,8-9H,7,12H2,1-3H3. The molecule has 0 bridgehead atoms. The molecule has 0 aliphatic heterocycles. The normalized spacial score (nSPS) is 14.7. The Morgan fingerprint density at radius 1 is 1.60 bits per heavy atom. The highest BCUT2D eigenvalue weighted by Gasteiger charge is 2.19. The molecule has 0 aliphatic rings. The summed E-state index contributed by atoms with van der Waals surface area (Å²) in [4.78, 5) is 14.6. The molecule has 3 nitrogen and oxygen atoms in total. The number of likely N-dealkylation sites (N-methyl/N-ethyl adjacent to an activating group) is 1. The smallest absolute Gasteiger partial charge is 0.239 e. The maximum atomic E-state index is 11.6. The Morgan fingerprint density at radius 3 is 2.73 bits per heavy atom. The van der Waals surface area contributed by atoms with Gasteiger partial charge in [-0.05, 0) is 25.3 Å². The number of nitrogens with two attached hydrogens (primary N) is 1. The summed E-state index contributed by atoms with van der Waals surface area (Å²) in [6.45, 7) is 3.76. The monoisotopic (exact) mass is 226 g/mol. The molecule has 2 unspecified atom stereocenters. The average molecular weight is 226 g/mol. The van der Waals surface area contributed by atoms with Crippen molar-refractivity contribution in [2.45, 2.75) is 32.4 Å². The van der Waals surface area contributed by atoms with Crippen molar-refractivity contribution in [3.8, 4) is 0 Å². The van der Waals surface area contributed by atoms with Crippen LogP contribution in [0, 0.1) is 0 Å². The van der Waals surface area contributed by atoms with Crippen molar-refractivity contribution in [3.05, 3.63) is 22.4 Å². The molecule has 2 atom stereocenters. The second kappa shape index (κ2) is 5.28. The Kier molecular flexibility index (Phi) is 4.29. The van der Waals surface area contributed by atoms with Crippen LogP contribution in [0.3, 0.4) is 0 Å². The van der Waals surface area contributed by atoms with E-state index in [1.807, 2.05) is 20.0 Å². The van der Waals surface area contributed by atoms with Crippen LogP contribution in [0.1, 0.15) is 18.7 Å². The third-order valence-electron chi connectivity index (χ3n) is 2.48. The molecule has 0 spiro atoms. The van der Waals surface area contributed by atoms with Crippen molar-refractivity contribution < 1.29 is 4.79 Å². The van der Waals surface area contributed by atoms with E-state index in [4.69, 9.17) is 5.73 Å². The summed E-state index contributed by atoms with van der Waals surface area (Å²) in [5, 5.41) is 2.05. The fraction of sp³-hybridized carbons (Fsp3) is 0.545. The summed E-state index contributed by atoms with van der Waals surface area (Å²) in [5.74, 6) is -0.000874. The summed E-state index contributed by atoms with van der Waals surface area (Å²) in [6.07, 6.45) is 0.895. The molecule has 0 radical (unpaired) electrons. The van der Waals surface area contributed by atoms with Crippen LogP contribution in [0.25, 0.3) is 0 Å². The summed E-state index contributed by atoms with van der Waals surface area (Å²) in [5.41, 5.74) is 5.56. The Bertz CT molecular complexity index is 308. The van der Waals surface area contributed by atoms with Gasteiger partial charge in [0.05, 0.1) is 6.04 Å². The van der Waals surface area contributed by atoms with Crippen molar-refractivity contribution in [2.24, 2.45) is 5.73 Å². The van der Waals surface area contributed by atoms with E-state index < -0.39 is 6.04 Å². The van der Waals surface area contributed by atoms with E-state index in [1.165, 1.54) is 4.88 Å². The van der Waals surface area contributed by atoms with Gasteiger partial charge in [-0.2, -0.15) is 0 Å². The van der Waals surface area contributed by atoms with E-state index in [0.717, 1.165) is 6.42 Å². The minimum Gasteiger partial charge on any atom is -0.341 e. The van der Waals surface area contributed by atoms with Gasteiger partial charge in [-0.15, -0.1) is 11.3 Å². The van der Waals surface area contributed by atoms with Gasteiger partial charge in [0.15, 0.2) is 0 Å². The maximum Gasteiger partial charge on any atom is 0.239 e. The molecule has 4 heteroatoms. The zero-order chi connectivity index (χ0) is 11.4. The Hall–Kier alpha value is -0.870. The summed E-state index contributed by atoms with van der Waals surface area (Å²) < 4.78 is 0. The van der Waals surface area contributed by atoms with Gasteiger partial charge >= 0.3 is 0 Å². The highest BCUT2D eigenvalue weighted by atomic mass is 32.1. The molecule has 15 heavy (non-hydrogen) atoms. The molecule has 2 N–H and O–H groups in total. The van der Waals surface area contributed by atoms with Crippen LogP contribution in [0.2, 0.25) is 0 Å². The lowest BCUT2D eigenvalue weighted by Crippen LogP contribution is -2.44. The van der Waals surface area contributed by atoms with Crippen LogP contribution < -0.4 is 5.73 Å². The molecule has 0 saturated carbocycles. The molecule has 84 valence electrons. The second-order valence-electron chi connectivity index (χ2n) is 3.87. The Morgan fingerprint density at radius 2 is 2.27 bits per heavy atom. The van der Waals surface area contributed by atoms with Gasteiger partial charge in [0.2, 0.25) is 5.91 Å². The van der Waals surface area contributed by atoms with E-state index in [-0.39, 0.29) is 11.9 Å².